The number of nitrogens with zero attached hydrogens (tertiary/aromatic N) is 4. The van der Waals surface area contributed by atoms with Gasteiger partial charge >= 0.3 is 0 Å². The minimum Gasteiger partial charge on any atom is -0.348 e. The Morgan fingerprint density at radius 2 is 1.96 bits per heavy atom. The van der Waals surface area contributed by atoms with Gasteiger partial charge in [0.2, 0.25) is 4.77 Å². The van der Waals surface area contributed by atoms with E-state index in [0.29, 0.717) is 10.7 Å². The monoisotopic (exact) mass is 367 g/mol. The van der Waals surface area contributed by atoms with E-state index in [0.717, 1.165) is 29.1 Å². The molecule has 0 amide bonds. The average molecular weight is 368 g/mol. The van der Waals surface area contributed by atoms with Crippen LogP contribution in [0.15, 0.2) is 35.4 Å². The van der Waals surface area contributed by atoms with Crippen LogP contribution < -0.4 is 0 Å². The summed E-state index contributed by atoms with van der Waals surface area (Å²) in [5.41, 5.74) is 5.71. The van der Waals surface area contributed by atoms with E-state index in [1.165, 1.54) is 11.4 Å². The Morgan fingerprint density at radius 1 is 1.23 bits per heavy atom. The van der Waals surface area contributed by atoms with Crippen LogP contribution in [0.2, 0.25) is 0 Å². The molecule has 1 aromatic carbocycles. The predicted octanol–water partition coefficient (Wildman–Crippen LogP) is 4.87. The molecule has 0 unspecified atom stereocenters. The number of nitrogens with one attached hydrogen (secondary N) is 1. The minimum absolute atomic E-state index is 0.482. The third-order valence-corrected chi connectivity index (χ3v) is 4.77. The molecule has 5 nitrogen and oxygen atoms in total. The summed E-state index contributed by atoms with van der Waals surface area (Å²) in [7, 11) is 0. The predicted molar refractivity (Wildman–Crippen MR) is 109 cm³/mol. The first kappa shape index (κ1) is 18.3. The standard InChI is InChI=1S/C20H25N5S/c1-13(2)12-24-15(4)10-17(16(24)5)11-21-25-19(22-23-20(25)26)18-9-7-6-8-14(18)3/h6-11,13H,12H2,1-5H3,(H,23,26)/b21-11+. The Hall–Kier alpha value is -2.47. The second-order valence-corrected chi connectivity index (χ2v) is 7.44. The van der Waals surface area contributed by atoms with Gasteiger partial charge in [0.1, 0.15) is 0 Å². The van der Waals surface area contributed by atoms with Crippen LogP contribution in [0.4, 0.5) is 0 Å². The second-order valence-electron chi connectivity index (χ2n) is 7.05. The molecule has 0 fully saturated rings. The molecule has 2 aromatic heterocycles. The van der Waals surface area contributed by atoms with Gasteiger partial charge < -0.3 is 4.57 Å². The Morgan fingerprint density at radius 3 is 2.65 bits per heavy atom. The zero-order chi connectivity index (χ0) is 18.8. The van der Waals surface area contributed by atoms with Gasteiger partial charge in [-0.1, -0.05) is 38.1 Å². The number of hydrogen-bond donors (Lipinski definition) is 1. The molecule has 0 aliphatic carbocycles. The number of rotatable bonds is 5. The largest absolute Gasteiger partial charge is 0.348 e. The van der Waals surface area contributed by atoms with Crippen molar-refractivity contribution in [3.05, 3.63) is 57.6 Å². The highest BCUT2D eigenvalue weighted by Crippen LogP contribution is 2.21. The van der Waals surface area contributed by atoms with E-state index in [2.05, 4.69) is 66.6 Å². The molecule has 0 radical (unpaired) electrons. The van der Waals surface area contributed by atoms with Crippen LogP contribution in [-0.2, 0) is 6.54 Å². The van der Waals surface area contributed by atoms with Crippen molar-refractivity contribution < 1.29 is 0 Å². The summed E-state index contributed by atoms with van der Waals surface area (Å²) >= 11 is 5.38. The molecule has 0 atom stereocenters. The van der Waals surface area contributed by atoms with E-state index in [1.807, 2.05) is 24.4 Å². The van der Waals surface area contributed by atoms with Crippen molar-refractivity contribution in [1.29, 1.82) is 0 Å². The lowest BCUT2D eigenvalue weighted by Crippen LogP contribution is -2.08. The van der Waals surface area contributed by atoms with Crippen LogP contribution in [0.3, 0.4) is 0 Å². The van der Waals surface area contributed by atoms with Gasteiger partial charge in [-0.25, -0.2) is 5.10 Å². The molecule has 0 bridgehead atoms. The third kappa shape index (κ3) is 3.55. The van der Waals surface area contributed by atoms with Gasteiger partial charge in [-0.3, -0.25) is 0 Å². The molecule has 0 spiro atoms. The topological polar surface area (TPSA) is 50.9 Å². The lowest BCUT2D eigenvalue weighted by atomic mass is 10.1. The SMILES string of the molecule is Cc1ccccc1-c1n[nH]c(=S)n1/N=C/c1cc(C)n(CC(C)C)c1C. The van der Waals surface area contributed by atoms with Crippen LogP contribution in [0.1, 0.15) is 36.4 Å². The Kier molecular flexibility index (Phi) is 5.23. The summed E-state index contributed by atoms with van der Waals surface area (Å²) in [6.07, 6.45) is 1.87. The lowest BCUT2D eigenvalue weighted by Gasteiger charge is -2.11. The van der Waals surface area contributed by atoms with E-state index in [1.54, 1.807) is 4.68 Å². The minimum atomic E-state index is 0.482. The van der Waals surface area contributed by atoms with Gasteiger partial charge in [0, 0.05) is 29.1 Å². The molecule has 0 aliphatic rings. The van der Waals surface area contributed by atoms with Crippen molar-refractivity contribution in [1.82, 2.24) is 19.4 Å². The molecule has 3 rings (SSSR count). The normalized spacial score (nSPS) is 11.8. The maximum absolute atomic E-state index is 5.38. The second kappa shape index (κ2) is 7.41. The van der Waals surface area contributed by atoms with Gasteiger partial charge in [-0.05, 0) is 50.5 Å². The number of aryl methyl sites for hydroxylation is 2. The van der Waals surface area contributed by atoms with Gasteiger partial charge in [0.15, 0.2) is 5.82 Å². The summed E-state index contributed by atoms with van der Waals surface area (Å²) in [6.45, 7) is 11.8. The molecule has 0 aliphatic heterocycles. The van der Waals surface area contributed by atoms with Crippen LogP contribution in [0.5, 0.6) is 0 Å². The van der Waals surface area contributed by atoms with E-state index in [4.69, 9.17) is 12.2 Å². The van der Waals surface area contributed by atoms with Gasteiger partial charge in [0.05, 0.1) is 6.21 Å². The quantitative estimate of drug-likeness (QED) is 0.516. The molecule has 26 heavy (non-hydrogen) atoms. The Bertz CT molecular complexity index is 1000. The maximum atomic E-state index is 5.38. The van der Waals surface area contributed by atoms with Crippen LogP contribution >= 0.6 is 12.2 Å². The van der Waals surface area contributed by atoms with E-state index < -0.39 is 0 Å². The molecule has 0 saturated heterocycles. The number of aromatic nitrogens is 4. The van der Waals surface area contributed by atoms with Crippen LogP contribution in [-0.4, -0.2) is 25.7 Å². The highest BCUT2D eigenvalue weighted by atomic mass is 32.1. The number of aromatic amines is 1. The van der Waals surface area contributed by atoms with Gasteiger partial charge in [-0.2, -0.15) is 14.9 Å². The molecular weight excluding hydrogens is 342 g/mol. The van der Waals surface area contributed by atoms with E-state index in [-0.39, 0.29) is 0 Å². The smallest absolute Gasteiger partial charge is 0.216 e. The number of H-pyrrole nitrogens is 1. The molecule has 0 saturated carbocycles. The van der Waals surface area contributed by atoms with Crippen molar-refractivity contribution in [2.45, 2.75) is 41.2 Å². The van der Waals surface area contributed by atoms with Crippen molar-refractivity contribution in [3.63, 3.8) is 0 Å². The summed E-state index contributed by atoms with van der Waals surface area (Å²) in [4.78, 5) is 0. The van der Waals surface area contributed by atoms with Crippen LogP contribution in [0.25, 0.3) is 11.4 Å². The first-order valence-corrected chi connectivity index (χ1v) is 9.23. The fourth-order valence-electron chi connectivity index (χ4n) is 3.12. The van der Waals surface area contributed by atoms with E-state index in [9.17, 15) is 0 Å². The number of hydrogen-bond acceptors (Lipinski definition) is 3. The van der Waals surface area contributed by atoms with Gasteiger partial charge in [0.25, 0.3) is 0 Å². The Labute approximate surface area is 159 Å². The fraction of sp³-hybridized carbons (Fsp3) is 0.350. The summed E-state index contributed by atoms with van der Waals surface area (Å²) in [6, 6.07) is 10.3. The summed E-state index contributed by atoms with van der Waals surface area (Å²) in [5.74, 6) is 1.32. The molecule has 3 aromatic rings. The highest BCUT2D eigenvalue weighted by Gasteiger charge is 2.12. The Balaban J connectivity index is 2.00. The number of benzene rings is 1. The highest BCUT2D eigenvalue weighted by molar-refractivity contribution is 7.71. The zero-order valence-electron chi connectivity index (χ0n) is 15.9. The van der Waals surface area contributed by atoms with Crippen molar-refractivity contribution in [3.8, 4) is 11.4 Å². The third-order valence-electron chi connectivity index (χ3n) is 4.51. The summed E-state index contributed by atoms with van der Waals surface area (Å²) in [5, 5.41) is 11.9. The zero-order valence-corrected chi connectivity index (χ0v) is 16.8. The molecule has 6 heteroatoms. The van der Waals surface area contributed by atoms with E-state index >= 15 is 0 Å². The van der Waals surface area contributed by atoms with Gasteiger partial charge in [-0.15, -0.1) is 0 Å². The van der Waals surface area contributed by atoms with Crippen LogP contribution in [0, 0.1) is 31.5 Å². The van der Waals surface area contributed by atoms with Crippen molar-refractivity contribution in [2.75, 3.05) is 0 Å². The van der Waals surface area contributed by atoms with Crippen molar-refractivity contribution >= 4 is 18.4 Å². The maximum Gasteiger partial charge on any atom is 0.216 e. The first-order valence-electron chi connectivity index (χ1n) is 8.83. The average Bonchev–Trinajstić information content (AvgIpc) is 3.08. The molecule has 136 valence electrons. The lowest BCUT2D eigenvalue weighted by molar-refractivity contribution is 0.509. The molecule has 2 heterocycles. The first-order chi connectivity index (χ1) is 12.4. The molecule has 1 N–H and O–H groups in total. The fourth-order valence-corrected chi connectivity index (χ4v) is 3.30. The molecular formula is C20H25N5S. The van der Waals surface area contributed by atoms with Crippen molar-refractivity contribution in [2.24, 2.45) is 11.0 Å². The summed E-state index contributed by atoms with van der Waals surface area (Å²) < 4.78 is 4.50.